The van der Waals surface area contributed by atoms with E-state index in [0.29, 0.717) is 37.3 Å². The van der Waals surface area contributed by atoms with E-state index in [4.69, 9.17) is 23.8 Å². The quantitative estimate of drug-likeness (QED) is 0.760. The molecule has 1 atom stereocenters. The summed E-state index contributed by atoms with van der Waals surface area (Å²) < 4.78 is 48.6. The highest BCUT2D eigenvalue weighted by molar-refractivity contribution is 5.92. The first kappa shape index (κ1) is 22.6. The molecule has 0 bridgehead atoms. The van der Waals surface area contributed by atoms with Crippen molar-refractivity contribution in [3.63, 3.8) is 0 Å². The summed E-state index contributed by atoms with van der Waals surface area (Å²) in [7, 11) is 0. The number of aliphatic carboxylic acids is 1. The molecule has 2 saturated heterocycles. The number of carboxylic acid groups (broad SMARTS) is 1. The Morgan fingerprint density at radius 3 is 2.58 bits per heavy atom. The zero-order valence-corrected chi connectivity index (χ0v) is 16.4. The maximum atomic E-state index is 12.3. The van der Waals surface area contributed by atoms with Crippen LogP contribution in [0.2, 0.25) is 0 Å². The van der Waals surface area contributed by atoms with Crippen LogP contribution in [0.1, 0.15) is 23.4 Å². The first-order valence-electron chi connectivity index (χ1n) is 9.52. The Balaban J connectivity index is 0.000000339. The first-order chi connectivity index (χ1) is 14.7. The van der Waals surface area contributed by atoms with E-state index in [-0.39, 0.29) is 11.5 Å². The number of pyridine rings is 1. The van der Waals surface area contributed by atoms with Gasteiger partial charge in [0.2, 0.25) is 5.88 Å². The second-order valence-electron chi connectivity index (χ2n) is 7.15. The van der Waals surface area contributed by atoms with Crippen LogP contribution in [0.5, 0.6) is 5.88 Å². The lowest BCUT2D eigenvalue weighted by atomic mass is 9.79. The summed E-state index contributed by atoms with van der Waals surface area (Å²) in [6, 6.07) is 9.06. The molecule has 0 aliphatic carbocycles. The van der Waals surface area contributed by atoms with Crippen molar-refractivity contribution in [3.8, 4) is 5.88 Å². The van der Waals surface area contributed by atoms with Gasteiger partial charge in [-0.3, -0.25) is 4.79 Å². The van der Waals surface area contributed by atoms with E-state index < -0.39 is 12.1 Å². The van der Waals surface area contributed by atoms with Crippen LogP contribution in [0.3, 0.4) is 0 Å². The highest BCUT2D eigenvalue weighted by Gasteiger charge is 2.54. The average Bonchev–Trinajstić information content (AvgIpc) is 3.37. The third kappa shape index (κ3) is 5.54. The molecule has 2 aromatic rings. The number of hydrogen-bond acceptors (Lipinski definition) is 6. The number of halogens is 3. The molecule has 1 N–H and O–H groups in total. The van der Waals surface area contributed by atoms with Crippen LogP contribution in [0.25, 0.3) is 0 Å². The van der Waals surface area contributed by atoms with E-state index in [1.165, 1.54) is 6.26 Å². The van der Waals surface area contributed by atoms with Gasteiger partial charge in [0, 0.05) is 18.9 Å². The highest BCUT2D eigenvalue weighted by Crippen LogP contribution is 2.42. The fourth-order valence-electron chi connectivity index (χ4n) is 3.58. The van der Waals surface area contributed by atoms with Crippen molar-refractivity contribution >= 4 is 11.9 Å². The van der Waals surface area contributed by atoms with Crippen LogP contribution in [-0.4, -0.2) is 64.9 Å². The van der Waals surface area contributed by atoms with Crippen molar-refractivity contribution in [3.05, 3.63) is 48.6 Å². The summed E-state index contributed by atoms with van der Waals surface area (Å²) in [5.74, 6) is -1.38. The summed E-state index contributed by atoms with van der Waals surface area (Å²) in [5.41, 5.74) is -0.213. The Morgan fingerprint density at radius 2 is 2.00 bits per heavy atom. The van der Waals surface area contributed by atoms with Gasteiger partial charge in [0.1, 0.15) is 5.60 Å². The van der Waals surface area contributed by atoms with E-state index >= 15 is 0 Å². The topological polar surface area (TPSA) is 102 Å². The lowest BCUT2D eigenvalue weighted by Gasteiger charge is -2.49. The summed E-state index contributed by atoms with van der Waals surface area (Å²) in [6.07, 6.45) is 0.0693. The van der Waals surface area contributed by atoms with E-state index in [9.17, 15) is 18.0 Å². The minimum atomic E-state index is -5.08. The summed E-state index contributed by atoms with van der Waals surface area (Å²) in [5, 5.41) is 7.12. The van der Waals surface area contributed by atoms with Crippen LogP contribution >= 0.6 is 0 Å². The number of carbonyl (C=O) groups is 2. The van der Waals surface area contributed by atoms with Crippen molar-refractivity contribution in [2.24, 2.45) is 5.92 Å². The fraction of sp³-hybridized carbons (Fsp3) is 0.450. The van der Waals surface area contributed by atoms with E-state index in [1.54, 1.807) is 23.2 Å². The molecule has 4 rings (SSSR count). The Hall–Kier alpha value is -3.08. The number of carbonyl (C=O) groups excluding carboxylic acids is 1. The molecule has 31 heavy (non-hydrogen) atoms. The van der Waals surface area contributed by atoms with Gasteiger partial charge in [-0.2, -0.15) is 13.2 Å². The Kier molecular flexibility index (Phi) is 6.84. The average molecular weight is 442 g/mol. The minimum absolute atomic E-state index is 0.0652. The van der Waals surface area contributed by atoms with E-state index in [2.05, 4.69) is 4.98 Å². The number of furan rings is 1. The standard InChI is InChI=1S/C18H20N2O4.C2HF3O2/c21-17(15-4-3-9-22-15)20-12-18(13-20)14(7-11-24-18)6-10-23-16-5-1-2-8-19-16;3-2(4,5)1(6)7/h1-5,8-9,14H,6-7,10-13H2;(H,6,7). The third-order valence-corrected chi connectivity index (χ3v) is 5.13. The van der Waals surface area contributed by atoms with Gasteiger partial charge in [0.05, 0.1) is 26.0 Å². The van der Waals surface area contributed by atoms with Crippen LogP contribution in [-0.2, 0) is 9.53 Å². The van der Waals surface area contributed by atoms with Crippen LogP contribution in [0.15, 0.2) is 47.2 Å². The predicted molar refractivity (Wildman–Crippen MR) is 99.4 cm³/mol. The van der Waals surface area contributed by atoms with Crippen molar-refractivity contribution in [1.29, 1.82) is 0 Å². The lowest BCUT2D eigenvalue weighted by molar-refractivity contribution is -0.192. The van der Waals surface area contributed by atoms with Crippen LogP contribution in [0.4, 0.5) is 13.2 Å². The molecule has 168 valence electrons. The van der Waals surface area contributed by atoms with Crippen molar-refractivity contribution in [2.75, 3.05) is 26.3 Å². The third-order valence-electron chi connectivity index (χ3n) is 5.13. The van der Waals surface area contributed by atoms with Gasteiger partial charge < -0.3 is 23.9 Å². The molecule has 0 aromatic carbocycles. The fourth-order valence-corrected chi connectivity index (χ4v) is 3.58. The maximum Gasteiger partial charge on any atom is 0.490 e. The maximum absolute atomic E-state index is 12.3. The second kappa shape index (κ2) is 9.38. The zero-order valence-electron chi connectivity index (χ0n) is 16.4. The van der Waals surface area contributed by atoms with Gasteiger partial charge in [-0.25, -0.2) is 9.78 Å². The number of carboxylic acids is 1. The van der Waals surface area contributed by atoms with Crippen LogP contribution in [0, 0.1) is 5.92 Å². The SMILES string of the molecule is O=C(O)C(F)(F)F.O=C(c1ccco1)N1CC2(C1)OCCC2CCOc1ccccn1. The molecular formula is C20H21F3N2O6. The molecule has 1 unspecified atom stereocenters. The number of amides is 1. The normalized spacial score (nSPS) is 19.3. The Morgan fingerprint density at radius 1 is 1.26 bits per heavy atom. The molecule has 2 aromatic heterocycles. The molecule has 2 aliphatic rings. The number of likely N-dealkylation sites (tertiary alicyclic amines) is 1. The van der Waals surface area contributed by atoms with Crippen molar-refractivity contribution < 1.29 is 41.8 Å². The minimum Gasteiger partial charge on any atom is -0.478 e. The molecule has 4 heterocycles. The molecule has 1 spiro atoms. The summed E-state index contributed by atoms with van der Waals surface area (Å²) in [6.45, 7) is 2.61. The monoisotopic (exact) mass is 442 g/mol. The Labute approximate surface area is 175 Å². The lowest BCUT2D eigenvalue weighted by Crippen LogP contribution is -2.66. The van der Waals surface area contributed by atoms with Crippen LogP contribution < -0.4 is 4.74 Å². The highest BCUT2D eigenvalue weighted by atomic mass is 19.4. The van der Waals surface area contributed by atoms with Gasteiger partial charge in [0.15, 0.2) is 5.76 Å². The molecule has 2 aliphatic heterocycles. The number of alkyl halides is 3. The number of rotatable bonds is 5. The summed E-state index contributed by atoms with van der Waals surface area (Å²) >= 11 is 0. The first-order valence-corrected chi connectivity index (χ1v) is 9.52. The summed E-state index contributed by atoms with van der Waals surface area (Å²) in [4.78, 5) is 27.1. The number of nitrogens with zero attached hydrogens (tertiary/aromatic N) is 2. The van der Waals surface area contributed by atoms with Gasteiger partial charge in [-0.1, -0.05) is 6.07 Å². The van der Waals surface area contributed by atoms with Crippen molar-refractivity contribution in [2.45, 2.75) is 24.6 Å². The Bertz CT molecular complexity index is 867. The smallest absolute Gasteiger partial charge is 0.478 e. The van der Waals surface area contributed by atoms with Gasteiger partial charge in [-0.05, 0) is 37.0 Å². The zero-order chi connectivity index (χ0) is 22.5. The second-order valence-corrected chi connectivity index (χ2v) is 7.15. The number of ether oxygens (including phenoxy) is 2. The molecule has 2 fully saturated rings. The molecule has 8 nitrogen and oxygen atoms in total. The van der Waals surface area contributed by atoms with Gasteiger partial charge >= 0.3 is 12.1 Å². The molecular weight excluding hydrogens is 421 g/mol. The van der Waals surface area contributed by atoms with Gasteiger partial charge in [0.25, 0.3) is 5.91 Å². The van der Waals surface area contributed by atoms with Gasteiger partial charge in [-0.15, -0.1) is 0 Å². The number of hydrogen-bond donors (Lipinski definition) is 1. The molecule has 11 heteroatoms. The predicted octanol–water partition coefficient (Wildman–Crippen LogP) is 3.01. The molecule has 0 saturated carbocycles. The number of aromatic nitrogens is 1. The molecule has 1 amide bonds. The van der Waals surface area contributed by atoms with E-state index in [1.807, 2.05) is 18.2 Å². The van der Waals surface area contributed by atoms with Crippen molar-refractivity contribution in [1.82, 2.24) is 9.88 Å². The molecule has 0 radical (unpaired) electrons. The van der Waals surface area contributed by atoms with E-state index in [0.717, 1.165) is 19.4 Å². The largest absolute Gasteiger partial charge is 0.490 e.